The van der Waals surface area contributed by atoms with Gasteiger partial charge in [0.15, 0.2) is 0 Å². The summed E-state index contributed by atoms with van der Waals surface area (Å²) in [6.45, 7) is 1.43. The Kier molecular flexibility index (Phi) is 5.78. The molecule has 3 heterocycles. The van der Waals surface area contributed by atoms with Crippen molar-refractivity contribution in [2.45, 2.75) is 18.8 Å². The molecule has 0 spiro atoms. The maximum atomic E-state index is 13.0. The van der Waals surface area contributed by atoms with Gasteiger partial charge in [0.05, 0.1) is 24.0 Å². The third-order valence-corrected chi connectivity index (χ3v) is 5.20. The molecule has 1 aromatic carbocycles. The fourth-order valence-electron chi connectivity index (χ4n) is 3.48. The Morgan fingerprint density at radius 1 is 1.20 bits per heavy atom. The summed E-state index contributed by atoms with van der Waals surface area (Å²) >= 11 is 0. The smallest absolute Gasteiger partial charge is 0.258 e. The molecule has 30 heavy (non-hydrogen) atoms. The number of aromatic nitrogens is 2. The summed E-state index contributed by atoms with van der Waals surface area (Å²) in [5.74, 6) is 0.890. The van der Waals surface area contributed by atoms with Gasteiger partial charge >= 0.3 is 0 Å². The van der Waals surface area contributed by atoms with Crippen molar-refractivity contribution in [3.8, 4) is 11.4 Å². The van der Waals surface area contributed by atoms with Crippen LogP contribution in [0.2, 0.25) is 0 Å². The number of ether oxygens (including phenoxy) is 1. The summed E-state index contributed by atoms with van der Waals surface area (Å²) < 4.78 is 20.1. The molecule has 1 saturated heterocycles. The molecule has 3 aromatic rings. The molecule has 1 aliphatic heterocycles. The lowest BCUT2D eigenvalue weighted by atomic mass is 10.2. The van der Waals surface area contributed by atoms with Crippen LogP contribution >= 0.6 is 0 Å². The Hall–Kier alpha value is -3.23. The van der Waals surface area contributed by atoms with Crippen molar-refractivity contribution in [3.63, 3.8) is 0 Å². The highest BCUT2D eigenvalue weighted by molar-refractivity contribution is 5.45. The molecule has 0 saturated carbocycles. The molecule has 1 aliphatic rings. The number of aliphatic hydroxyl groups excluding tert-OH is 1. The Morgan fingerprint density at radius 2 is 2.00 bits per heavy atom. The summed E-state index contributed by atoms with van der Waals surface area (Å²) in [5.41, 5.74) is 1.21. The number of rotatable bonds is 6. The highest BCUT2D eigenvalue weighted by Gasteiger charge is 2.30. The fraction of sp³-hybridized carbons (Fsp3) is 0.273. The van der Waals surface area contributed by atoms with Crippen LogP contribution in [0, 0.1) is 5.82 Å². The quantitative estimate of drug-likeness (QED) is 0.644. The topological polar surface area (TPSA) is 79.6 Å². The van der Waals surface area contributed by atoms with E-state index < -0.39 is 6.10 Å². The predicted octanol–water partition coefficient (Wildman–Crippen LogP) is 1.72. The molecule has 0 aliphatic carbocycles. The summed E-state index contributed by atoms with van der Waals surface area (Å²) in [7, 11) is 1.83. The molecule has 2 atom stereocenters. The van der Waals surface area contributed by atoms with Crippen LogP contribution in [0.15, 0.2) is 65.7 Å². The van der Waals surface area contributed by atoms with Gasteiger partial charge in [-0.3, -0.25) is 9.36 Å². The first kappa shape index (κ1) is 20.1. The zero-order valence-corrected chi connectivity index (χ0v) is 16.5. The van der Waals surface area contributed by atoms with E-state index in [2.05, 4.69) is 10.3 Å². The Bertz CT molecular complexity index is 1050. The first-order valence-corrected chi connectivity index (χ1v) is 9.70. The van der Waals surface area contributed by atoms with E-state index in [1.54, 1.807) is 30.6 Å². The average Bonchev–Trinajstić information content (AvgIpc) is 3.14. The third-order valence-electron chi connectivity index (χ3n) is 5.20. The lowest BCUT2D eigenvalue weighted by molar-refractivity contribution is 0.168. The number of β-amino-alcohol motifs (C(OH)–C–C–N with tert-alkyl or cyclic N) is 1. The second-order valence-corrected chi connectivity index (χ2v) is 7.23. The molecule has 2 N–H and O–H groups in total. The predicted molar refractivity (Wildman–Crippen MR) is 112 cm³/mol. The van der Waals surface area contributed by atoms with Crippen molar-refractivity contribution in [2.75, 3.05) is 25.0 Å². The van der Waals surface area contributed by atoms with Gasteiger partial charge in [-0.25, -0.2) is 9.37 Å². The van der Waals surface area contributed by atoms with Gasteiger partial charge in [0.2, 0.25) is 0 Å². The van der Waals surface area contributed by atoms with Gasteiger partial charge in [0.1, 0.15) is 24.0 Å². The number of nitrogens with one attached hydrogen (secondary N) is 1. The normalized spacial score (nSPS) is 18.6. The summed E-state index contributed by atoms with van der Waals surface area (Å²) in [6.07, 6.45) is 2.83. The minimum absolute atomic E-state index is 0.0107. The van der Waals surface area contributed by atoms with Crippen LogP contribution < -0.4 is 20.5 Å². The number of halogens is 1. The van der Waals surface area contributed by atoms with Crippen LogP contribution in [0.5, 0.6) is 5.75 Å². The zero-order chi connectivity index (χ0) is 21.1. The molecule has 0 amide bonds. The number of nitrogens with zero attached hydrogens (tertiary/aromatic N) is 3. The number of aliphatic hydroxyl groups is 1. The van der Waals surface area contributed by atoms with Crippen molar-refractivity contribution in [1.29, 1.82) is 0 Å². The molecule has 0 radical (unpaired) electrons. The number of hydrogen-bond donors (Lipinski definition) is 2. The molecule has 0 unspecified atom stereocenters. The fourth-order valence-corrected chi connectivity index (χ4v) is 3.48. The van der Waals surface area contributed by atoms with E-state index in [1.165, 1.54) is 22.8 Å². The van der Waals surface area contributed by atoms with Crippen LogP contribution in [0.3, 0.4) is 0 Å². The van der Waals surface area contributed by atoms with E-state index in [-0.39, 0.29) is 24.0 Å². The summed E-state index contributed by atoms with van der Waals surface area (Å²) in [5, 5.41) is 13.1. The molecule has 0 bridgehead atoms. The SMILES string of the molecule is CN[C@@H]1CN(c2ccc(-n3ccc(OCc4ccc(F)cc4)cc3=O)cn2)C[C@H]1O. The molecule has 1 fully saturated rings. The van der Waals surface area contributed by atoms with Gasteiger partial charge in [-0.2, -0.15) is 0 Å². The zero-order valence-electron chi connectivity index (χ0n) is 16.5. The van der Waals surface area contributed by atoms with Crippen LogP contribution in [0.1, 0.15) is 5.56 Å². The highest BCUT2D eigenvalue weighted by atomic mass is 19.1. The third kappa shape index (κ3) is 4.34. The lowest BCUT2D eigenvalue weighted by Crippen LogP contribution is -2.36. The molecule has 156 valence electrons. The number of pyridine rings is 2. The largest absolute Gasteiger partial charge is 0.489 e. The van der Waals surface area contributed by atoms with Crippen molar-refractivity contribution in [1.82, 2.24) is 14.9 Å². The Balaban J connectivity index is 1.44. The van der Waals surface area contributed by atoms with E-state index in [4.69, 9.17) is 4.74 Å². The first-order chi connectivity index (χ1) is 14.5. The summed E-state index contributed by atoms with van der Waals surface area (Å²) in [6, 6.07) is 12.8. The van der Waals surface area contributed by atoms with Crippen molar-refractivity contribution in [3.05, 3.63) is 82.7 Å². The van der Waals surface area contributed by atoms with Gasteiger partial charge in [-0.05, 0) is 42.9 Å². The van der Waals surface area contributed by atoms with Crippen molar-refractivity contribution >= 4 is 5.82 Å². The maximum absolute atomic E-state index is 13.0. The minimum Gasteiger partial charge on any atom is -0.489 e. The minimum atomic E-state index is -0.443. The molecular weight excluding hydrogens is 387 g/mol. The van der Waals surface area contributed by atoms with Crippen molar-refractivity contribution in [2.24, 2.45) is 0 Å². The van der Waals surface area contributed by atoms with E-state index >= 15 is 0 Å². The molecule has 2 aromatic heterocycles. The second kappa shape index (κ2) is 8.64. The van der Waals surface area contributed by atoms with Gasteiger partial charge in [-0.15, -0.1) is 0 Å². The monoisotopic (exact) mass is 410 g/mol. The standard InChI is InChI=1S/C22H23FN4O3/c1-24-19-12-26(13-20(19)28)21-7-6-17(11-25-21)27-9-8-18(10-22(27)29)30-14-15-2-4-16(23)5-3-15/h2-11,19-20,24,28H,12-14H2,1H3/t19-,20-/m1/s1. The maximum Gasteiger partial charge on any atom is 0.258 e. The number of benzene rings is 1. The van der Waals surface area contributed by atoms with E-state index in [9.17, 15) is 14.3 Å². The van der Waals surface area contributed by atoms with Gasteiger partial charge in [-0.1, -0.05) is 12.1 Å². The molecule has 4 rings (SSSR count). The van der Waals surface area contributed by atoms with Gasteiger partial charge in [0, 0.05) is 25.4 Å². The van der Waals surface area contributed by atoms with Gasteiger partial charge < -0.3 is 20.1 Å². The van der Waals surface area contributed by atoms with Crippen LogP contribution in [0.4, 0.5) is 10.2 Å². The molecule has 7 nitrogen and oxygen atoms in total. The number of likely N-dealkylation sites (N-methyl/N-ethyl adjacent to an activating group) is 1. The van der Waals surface area contributed by atoms with E-state index in [0.717, 1.165) is 11.4 Å². The highest BCUT2D eigenvalue weighted by Crippen LogP contribution is 2.20. The van der Waals surface area contributed by atoms with E-state index in [0.29, 0.717) is 24.5 Å². The number of anilines is 1. The van der Waals surface area contributed by atoms with Gasteiger partial charge in [0.25, 0.3) is 5.56 Å². The first-order valence-electron chi connectivity index (χ1n) is 9.70. The molecular formula is C22H23FN4O3. The average molecular weight is 410 g/mol. The van der Waals surface area contributed by atoms with Crippen molar-refractivity contribution < 1.29 is 14.2 Å². The van der Waals surface area contributed by atoms with Crippen LogP contribution in [-0.2, 0) is 6.61 Å². The number of hydrogen-bond acceptors (Lipinski definition) is 6. The van der Waals surface area contributed by atoms with E-state index in [1.807, 2.05) is 24.1 Å². The van der Waals surface area contributed by atoms with Crippen LogP contribution in [0.25, 0.3) is 5.69 Å². The Labute approximate surface area is 173 Å². The second-order valence-electron chi connectivity index (χ2n) is 7.23. The molecule has 8 heteroatoms. The van der Waals surface area contributed by atoms with Crippen LogP contribution in [-0.4, -0.2) is 46.9 Å². The Morgan fingerprint density at radius 3 is 2.63 bits per heavy atom. The lowest BCUT2D eigenvalue weighted by Gasteiger charge is -2.17. The summed E-state index contributed by atoms with van der Waals surface area (Å²) in [4.78, 5) is 19.0.